The van der Waals surface area contributed by atoms with Crippen LogP contribution in [0.5, 0.6) is 5.75 Å². The fourth-order valence-electron chi connectivity index (χ4n) is 2.27. The largest absolute Gasteiger partial charge is 0.491 e. The lowest BCUT2D eigenvalue weighted by Gasteiger charge is -2.12. The Hall–Kier alpha value is -1.45. The number of rotatable bonds is 6. The third kappa shape index (κ3) is 2.86. The molecule has 1 fully saturated rings. The predicted molar refractivity (Wildman–Crippen MR) is 72.4 cm³/mol. The maximum absolute atomic E-state index is 13.5. The summed E-state index contributed by atoms with van der Waals surface area (Å²) >= 11 is 0. The third-order valence-electron chi connectivity index (χ3n) is 3.33. The minimum Gasteiger partial charge on any atom is -0.491 e. The van der Waals surface area contributed by atoms with Gasteiger partial charge in [-0.05, 0) is 25.7 Å². The van der Waals surface area contributed by atoms with Gasteiger partial charge < -0.3 is 15.8 Å². The van der Waals surface area contributed by atoms with Crippen LogP contribution < -0.4 is 15.8 Å². The van der Waals surface area contributed by atoms with Gasteiger partial charge in [0.05, 0.1) is 18.0 Å². The van der Waals surface area contributed by atoms with E-state index in [1.165, 1.54) is 25.3 Å². The van der Waals surface area contributed by atoms with Crippen LogP contribution in [0.15, 0.2) is 12.1 Å². The van der Waals surface area contributed by atoms with Gasteiger partial charge in [-0.25, -0.2) is 4.39 Å². The number of ether oxygens (including phenoxy) is 1. The average Bonchev–Trinajstić information content (AvgIpc) is 3.04. The molecule has 2 rings (SSSR count). The Morgan fingerprint density at radius 3 is 2.89 bits per heavy atom. The zero-order valence-corrected chi connectivity index (χ0v) is 11.0. The van der Waals surface area contributed by atoms with Gasteiger partial charge in [-0.2, -0.15) is 0 Å². The summed E-state index contributed by atoms with van der Waals surface area (Å²) < 4.78 is 18.8. The molecule has 1 aromatic rings. The molecule has 3 N–H and O–H groups in total. The van der Waals surface area contributed by atoms with Crippen LogP contribution in [0, 0.1) is 11.7 Å². The van der Waals surface area contributed by atoms with Gasteiger partial charge in [-0.15, -0.1) is 0 Å². The molecule has 0 radical (unpaired) electrons. The molecular formula is C14H21FN2O. The maximum Gasteiger partial charge on any atom is 0.167 e. The topological polar surface area (TPSA) is 47.3 Å². The number of hydrogen-bond donors (Lipinski definition) is 2. The van der Waals surface area contributed by atoms with Gasteiger partial charge in [-0.3, -0.25) is 0 Å². The maximum atomic E-state index is 13.5. The Kier molecular flexibility index (Phi) is 3.94. The number of anilines is 2. The molecule has 0 spiro atoms. The van der Waals surface area contributed by atoms with Crippen molar-refractivity contribution in [1.29, 1.82) is 0 Å². The van der Waals surface area contributed by atoms with Crippen LogP contribution in [0.3, 0.4) is 0 Å². The predicted octanol–water partition coefficient (Wildman–Crippen LogP) is 3.41. The summed E-state index contributed by atoms with van der Waals surface area (Å²) in [6.45, 7) is 4.47. The van der Waals surface area contributed by atoms with Crippen molar-refractivity contribution >= 4 is 11.4 Å². The Morgan fingerprint density at radius 2 is 2.22 bits per heavy atom. The molecule has 0 aromatic heterocycles. The van der Waals surface area contributed by atoms with E-state index < -0.39 is 5.82 Å². The van der Waals surface area contributed by atoms with E-state index in [1.807, 2.05) is 6.92 Å². The number of nitrogens with two attached hydrogens (primary N) is 1. The molecular weight excluding hydrogens is 231 g/mol. The first kappa shape index (κ1) is 13.0. The Labute approximate surface area is 108 Å². The van der Waals surface area contributed by atoms with Crippen LogP contribution in [0.1, 0.15) is 33.1 Å². The van der Waals surface area contributed by atoms with Crippen molar-refractivity contribution in [2.24, 2.45) is 5.92 Å². The fraction of sp³-hybridized carbons (Fsp3) is 0.571. The van der Waals surface area contributed by atoms with Crippen molar-refractivity contribution in [3.8, 4) is 5.75 Å². The first-order valence-electron chi connectivity index (χ1n) is 6.64. The first-order chi connectivity index (χ1) is 8.65. The molecule has 18 heavy (non-hydrogen) atoms. The van der Waals surface area contributed by atoms with Crippen molar-refractivity contribution < 1.29 is 9.13 Å². The molecule has 0 saturated heterocycles. The highest BCUT2D eigenvalue weighted by atomic mass is 19.1. The summed E-state index contributed by atoms with van der Waals surface area (Å²) in [5.41, 5.74) is 7.05. The molecule has 0 aliphatic heterocycles. The number of nitrogens with one attached hydrogen (secondary N) is 1. The molecule has 2 atom stereocenters. The van der Waals surface area contributed by atoms with Crippen molar-refractivity contribution in [3.63, 3.8) is 0 Å². The second kappa shape index (κ2) is 5.46. The van der Waals surface area contributed by atoms with Gasteiger partial charge in [0.2, 0.25) is 0 Å². The second-order valence-electron chi connectivity index (χ2n) is 4.84. The molecule has 0 amide bonds. The molecule has 0 heterocycles. The third-order valence-corrected chi connectivity index (χ3v) is 3.33. The van der Waals surface area contributed by atoms with Crippen LogP contribution in [0.2, 0.25) is 0 Å². The second-order valence-corrected chi connectivity index (χ2v) is 4.84. The fourth-order valence-corrected chi connectivity index (χ4v) is 2.27. The molecule has 4 heteroatoms. The van der Waals surface area contributed by atoms with Crippen LogP contribution in [0.4, 0.5) is 15.8 Å². The molecule has 0 bridgehead atoms. The Balaban J connectivity index is 2.06. The molecule has 100 valence electrons. The quantitative estimate of drug-likeness (QED) is 0.763. The van der Waals surface area contributed by atoms with E-state index >= 15 is 0 Å². The number of hydrogen-bond acceptors (Lipinski definition) is 3. The van der Waals surface area contributed by atoms with Crippen molar-refractivity contribution in [1.82, 2.24) is 0 Å². The molecule has 2 unspecified atom stereocenters. The summed E-state index contributed by atoms with van der Waals surface area (Å²) in [5, 5.41) is 3.37. The van der Waals surface area contributed by atoms with Crippen LogP contribution in [-0.2, 0) is 0 Å². The molecule has 3 nitrogen and oxygen atoms in total. The lowest BCUT2D eigenvalue weighted by Crippen LogP contribution is -2.08. The monoisotopic (exact) mass is 252 g/mol. The van der Waals surface area contributed by atoms with E-state index in [9.17, 15) is 4.39 Å². The summed E-state index contributed by atoms with van der Waals surface area (Å²) in [5.74, 6) is 0.595. The van der Waals surface area contributed by atoms with Crippen molar-refractivity contribution in [2.75, 3.05) is 17.7 Å². The zero-order chi connectivity index (χ0) is 13.1. The first-order valence-corrected chi connectivity index (χ1v) is 6.64. The highest BCUT2D eigenvalue weighted by Crippen LogP contribution is 2.39. The Bertz CT molecular complexity index is 423. The van der Waals surface area contributed by atoms with E-state index in [-0.39, 0.29) is 5.75 Å². The number of nitrogen functional groups attached to an aromatic ring is 1. The molecule has 1 aliphatic carbocycles. The average molecular weight is 252 g/mol. The van der Waals surface area contributed by atoms with E-state index in [0.29, 0.717) is 18.3 Å². The van der Waals surface area contributed by atoms with Crippen LogP contribution >= 0.6 is 0 Å². The summed E-state index contributed by atoms with van der Waals surface area (Å²) in [6.07, 6.45) is 3.61. The van der Waals surface area contributed by atoms with E-state index in [1.54, 1.807) is 6.07 Å². The van der Waals surface area contributed by atoms with Gasteiger partial charge >= 0.3 is 0 Å². The van der Waals surface area contributed by atoms with E-state index in [0.717, 1.165) is 11.6 Å². The van der Waals surface area contributed by atoms with Gasteiger partial charge in [0.15, 0.2) is 11.6 Å². The summed E-state index contributed by atoms with van der Waals surface area (Å²) in [4.78, 5) is 0. The molecule has 1 aliphatic rings. The normalized spacial score (nSPS) is 21.7. The van der Waals surface area contributed by atoms with E-state index in [4.69, 9.17) is 10.5 Å². The van der Waals surface area contributed by atoms with Crippen molar-refractivity contribution in [3.05, 3.63) is 17.9 Å². The number of halogens is 1. The van der Waals surface area contributed by atoms with Crippen LogP contribution in [-0.4, -0.2) is 12.6 Å². The minimum atomic E-state index is -0.402. The zero-order valence-electron chi connectivity index (χ0n) is 11.0. The highest BCUT2D eigenvalue weighted by molar-refractivity contribution is 5.69. The number of benzene rings is 1. The summed E-state index contributed by atoms with van der Waals surface area (Å²) in [6, 6.07) is 3.47. The van der Waals surface area contributed by atoms with Gasteiger partial charge in [0.25, 0.3) is 0 Å². The molecule has 1 saturated carbocycles. The SMILES string of the molecule is CCCC1CC1Nc1cc(OCC)c(F)cc1N. The summed E-state index contributed by atoms with van der Waals surface area (Å²) in [7, 11) is 0. The van der Waals surface area contributed by atoms with Gasteiger partial charge in [0, 0.05) is 18.2 Å². The Morgan fingerprint density at radius 1 is 1.44 bits per heavy atom. The molecule has 1 aromatic carbocycles. The standard InChI is InChI=1S/C14H21FN2O/c1-3-5-9-6-12(9)17-13-8-14(18-4-2)10(15)7-11(13)16/h7-9,12,17H,3-6,16H2,1-2H3. The lowest BCUT2D eigenvalue weighted by molar-refractivity contribution is 0.322. The minimum absolute atomic E-state index is 0.266. The smallest absolute Gasteiger partial charge is 0.167 e. The highest BCUT2D eigenvalue weighted by Gasteiger charge is 2.36. The van der Waals surface area contributed by atoms with Crippen LogP contribution in [0.25, 0.3) is 0 Å². The van der Waals surface area contributed by atoms with E-state index in [2.05, 4.69) is 12.2 Å². The lowest BCUT2D eigenvalue weighted by atomic mass is 10.2. The van der Waals surface area contributed by atoms with Gasteiger partial charge in [0.1, 0.15) is 0 Å². The van der Waals surface area contributed by atoms with Crippen molar-refractivity contribution in [2.45, 2.75) is 39.2 Å². The van der Waals surface area contributed by atoms with Gasteiger partial charge in [-0.1, -0.05) is 13.3 Å².